The number of quaternary nitrogens is 1. The fourth-order valence-electron chi connectivity index (χ4n) is 2.45. The Morgan fingerprint density at radius 1 is 1.05 bits per heavy atom. The summed E-state index contributed by atoms with van der Waals surface area (Å²) < 4.78 is 10.6. The highest BCUT2D eigenvalue weighted by atomic mass is 16.7. The lowest BCUT2D eigenvalue weighted by Crippen LogP contribution is -3.06. The summed E-state index contributed by atoms with van der Waals surface area (Å²) in [6, 6.07) is 13.8. The van der Waals surface area contributed by atoms with Gasteiger partial charge in [0.15, 0.2) is 11.5 Å². The molecule has 2 aromatic rings. The summed E-state index contributed by atoms with van der Waals surface area (Å²) in [7, 11) is 2.11. The molecule has 20 heavy (non-hydrogen) atoms. The van der Waals surface area contributed by atoms with Gasteiger partial charge in [-0.2, -0.15) is 0 Å². The SMILES string of the molecule is C[NH+](Cc1ccccc1)Cc1cc2c(cc1O)OCO2. The predicted molar refractivity (Wildman–Crippen MR) is 75.0 cm³/mol. The van der Waals surface area contributed by atoms with Crippen molar-refractivity contribution in [1.82, 2.24) is 0 Å². The number of hydrogen-bond acceptors (Lipinski definition) is 3. The fourth-order valence-corrected chi connectivity index (χ4v) is 2.45. The molecule has 0 saturated carbocycles. The summed E-state index contributed by atoms with van der Waals surface area (Å²) in [4.78, 5) is 1.30. The normalized spacial score (nSPS) is 14.2. The van der Waals surface area contributed by atoms with Gasteiger partial charge in [-0.15, -0.1) is 0 Å². The molecule has 0 amide bonds. The van der Waals surface area contributed by atoms with Crippen LogP contribution >= 0.6 is 0 Å². The van der Waals surface area contributed by atoms with Crippen molar-refractivity contribution in [1.29, 1.82) is 0 Å². The Morgan fingerprint density at radius 2 is 1.75 bits per heavy atom. The fraction of sp³-hybridized carbons (Fsp3) is 0.250. The lowest BCUT2D eigenvalue weighted by atomic mass is 10.1. The van der Waals surface area contributed by atoms with E-state index in [9.17, 15) is 5.11 Å². The number of ether oxygens (including phenoxy) is 2. The molecule has 0 spiro atoms. The van der Waals surface area contributed by atoms with Gasteiger partial charge in [0, 0.05) is 11.6 Å². The minimum atomic E-state index is 0.227. The summed E-state index contributed by atoms with van der Waals surface area (Å²) >= 11 is 0. The van der Waals surface area contributed by atoms with Gasteiger partial charge in [-0.05, 0) is 6.07 Å². The van der Waals surface area contributed by atoms with Crippen LogP contribution in [-0.4, -0.2) is 18.9 Å². The molecule has 4 heteroatoms. The van der Waals surface area contributed by atoms with E-state index in [1.54, 1.807) is 6.07 Å². The molecule has 0 saturated heterocycles. The standard InChI is InChI=1S/C16H17NO3/c1-17(9-12-5-3-2-4-6-12)10-13-7-15-16(8-14(13)18)20-11-19-15/h2-8,18H,9-11H2,1H3/p+1. The van der Waals surface area contributed by atoms with Crippen molar-refractivity contribution in [3.63, 3.8) is 0 Å². The van der Waals surface area contributed by atoms with Crippen LogP contribution in [0.4, 0.5) is 0 Å². The molecule has 1 atom stereocenters. The van der Waals surface area contributed by atoms with E-state index in [2.05, 4.69) is 19.2 Å². The van der Waals surface area contributed by atoms with Crippen LogP contribution in [-0.2, 0) is 13.1 Å². The molecule has 1 aliphatic rings. The molecular formula is C16H18NO3+. The van der Waals surface area contributed by atoms with E-state index in [1.807, 2.05) is 24.3 Å². The summed E-state index contributed by atoms with van der Waals surface area (Å²) in [5, 5.41) is 10.0. The number of rotatable bonds is 4. The first-order chi connectivity index (χ1) is 9.72. The maximum atomic E-state index is 10.0. The molecule has 1 unspecified atom stereocenters. The van der Waals surface area contributed by atoms with E-state index in [-0.39, 0.29) is 12.5 Å². The Morgan fingerprint density at radius 3 is 2.50 bits per heavy atom. The number of phenols is 1. The molecule has 1 aliphatic heterocycles. The minimum absolute atomic E-state index is 0.227. The molecule has 104 valence electrons. The van der Waals surface area contributed by atoms with Crippen molar-refractivity contribution in [2.75, 3.05) is 13.8 Å². The van der Waals surface area contributed by atoms with Gasteiger partial charge >= 0.3 is 0 Å². The zero-order chi connectivity index (χ0) is 13.9. The van der Waals surface area contributed by atoms with Crippen LogP contribution in [0.2, 0.25) is 0 Å². The van der Waals surface area contributed by atoms with Crippen molar-refractivity contribution >= 4 is 0 Å². The summed E-state index contributed by atoms with van der Waals surface area (Å²) in [5.74, 6) is 1.60. The third-order valence-corrected chi connectivity index (χ3v) is 3.41. The summed E-state index contributed by atoms with van der Waals surface area (Å²) in [6.45, 7) is 1.87. The van der Waals surface area contributed by atoms with E-state index >= 15 is 0 Å². The van der Waals surface area contributed by atoms with Crippen LogP contribution in [0.15, 0.2) is 42.5 Å². The first-order valence-corrected chi connectivity index (χ1v) is 6.69. The van der Waals surface area contributed by atoms with Crippen LogP contribution in [0.1, 0.15) is 11.1 Å². The van der Waals surface area contributed by atoms with E-state index in [4.69, 9.17) is 9.47 Å². The number of aromatic hydroxyl groups is 1. The van der Waals surface area contributed by atoms with Crippen molar-refractivity contribution in [2.24, 2.45) is 0 Å². The molecule has 0 aliphatic carbocycles. The molecule has 2 N–H and O–H groups in total. The van der Waals surface area contributed by atoms with Gasteiger partial charge in [-0.1, -0.05) is 30.3 Å². The van der Waals surface area contributed by atoms with Gasteiger partial charge in [0.2, 0.25) is 6.79 Å². The second-order valence-corrected chi connectivity index (χ2v) is 5.13. The number of fused-ring (bicyclic) bond motifs is 1. The highest BCUT2D eigenvalue weighted by Crippen LogP contribution is 2.37. The monoisotopic (exact) mass is 272 g/mol. The average Bonchev–Trinajstić information content (AvgIpc) is 2.87. The van der Waals surface area contributed by atoms with E-state index in [0.29, 0.717) is 11.5 Å². The maximum Gasteiger partial charge on any atom is 0.231 e. The summed E-state index contributed by atoms with van der Waals surface area (Å²) in [5.41, 5.74) is 2.16. The highest BCUT2D eigenvalue weighted by Gasteiger charge is 2.18. The zero-order valence-corrected chi connectivity index (χ0v) is 11.4. The van der Waals surface area contributed by atoms with Gasteiger partial charge in [0.25, 0.3) is 0 Å². The number of nitrogens with one attached hydrogen (secondary N) is 1. The second kappa shape index (κ2) is 5.43. The van der Waals surface area contributed by atoms with Gasteiger partial charge in [0.05, 0.1) is 12.6 Å². The van der Waals surface area contributed by atoms with Crippen molar-refractivity contribution in [2.45, 2.75) is 13.1 Å². The lowest BCUT2D eigenvalue weighted by Gasteiger charge is -2.15. The molecule has 1 heterocycles. The molecular weight excluding hydrogens is 254 g/mol. The Bertz CT molecular complexity index is 598. The van der Waals surface area contributed by atoms with Gasteiger partial charge < -0.3 is 19.5 Å². The third kappa shape index (κ3) is 2.70. The minimum Gasteiger partial charge on any atom is -0.507 e. The lowest BCUT2D eigenvalue weighted by molar-refractivity contribution is -0.907. The third-order valence-electron chi connectivity index (χ3n) is 3.41. The van der Waals surface area contributed by atoms with E-state index in [0.717, 1.165) is 18.7 Å². The Kier molecular flexibility index (Phi) is 3.48. The van der Waals surface area contributed by atoms with E-state index < -0.39 is 0 Å². The van der Waals surface area contributed by atoms with Crippen LogP contribution in [0.5, 0.6) is 17.2 Å². The van der Waals surface area contributed by atoms with Gasteiger partial charge in [0.1, 0.15) is 18.8 Å². The van der Waals surface area contributed by atoms with Crippen LogP contribution in [0, 0.1) is 0 Å². The predicted octanol–water partition coefficient (Wildman–Crippen LogP) is 1.34. The van der Waals surface area contributed by atoms with Crippen LogP contribution in [0.25, 0.3) is 0 Å². The number of phenolic OH excluding ortho intramolecular Hbond substituents is 1. The number of benzene rings is 2. The largest absolute Gasteiger partial charge is 0.507 e. The Balaban J connectivity index is 1.71. The molecule has 0 aromatic heterocycles. The van der Waals surface area contributed by atoms with Gasteiger partial charge in [-0.25, -0.2) is 0 Å². The van der Waals surface area contributed by atoms with Crippen molar-refractivity contribution in [3.8, 4) is 17.2 Å². The molecule has 4 nitrogen and oxygen atoms in total. The van der Waals surface area contributed by atoms with Crippen molar-refractivity contribution in [3.05, 3.63) is 53.6 Å². The second-order valence-electron chi connectivity index (χ2n) is 5.13. The molecule has 2 aromatic carbocycles. The first kappa shape index (κ1) is 12.8. The zero-order valence-electron chi connectivity index (χ0n) is 11.4. The quantitative estimate of drug-likeness (QED) is 0.882. The molecule has 3 rings (SSSR count). The highest BCUT2D eigenvalue weighted by molar-refractivity contribution is 5.50. The molecule has 0 radical (unpaired) electrons. The first-order valence-electron chi connectivity index (χ1n) is 6.69. The van der Waals surface area contributed by atoms with Gasteiger partial charge in [-0.3, -0.25) is 0 Å². The number of hydrogen-bond donors (Lipinski definition) is 2. The van der Waals surface area contributed by atoms with Crippen LogP contribution < -0.4 is 14.4 Å². The van der Waals surface area contributed by atoms with Crippen molar-refractivity contribution < 1.29 is 19.5 Å². The Labute approximate surface area is 118 Å². The smallest absolute Gasteiger partial charge is 0.231 e. The molecule has 0 fully saturated rings. The topological polar surface area (TPSA) is 43.1 Å². The average molecular weight is 272 g/mol. The maximum absolute atomic E-state index is 10.0. The van der Waals surface area contributed by atoms with Crippen LogP contribution in [0.3, 0.4) is 0 Å². The molecule has 0 bridgehead atoms. The Hall–Kier alpha value is -2.20. The summed E-state index contributed by atoms with van der Waals surface area (Å²) in [6.07, 6.45) is 0. The van der Waals surface area contributed by atoms with E-state index in [1.165, 1.54) is 10.5 Å².